The average molecular weight is 736 g/mol. The Labute approximate surface area is 334 Å². The standard InChI is InChI=1S/C55H33N3/c1-2-11-39(12-3-1)57-51-19-8-6-15-43(51)45-27-24-37(32-54(45)57)36-25-28-53-47(31-36)44-16-7-9-20-52(44)58(53)40-26-23-34-29-38(22-21-35(34)30-40)50-33-48-42-14-5-4-13-41(42)46-17-10-18-49(56-50)55(46)48/h1-33H. The molecule has 13 rings (SSSR count). The van der Waals surface area contributed by atoms with E-state index in [1.165, 1.54) is 98.8 Å². The van der Waals surface area contributed by atoms with Crippen molar-refractivity contribution in [2.75, 3.05) is 0 Å². The average Bonchev–Trinajstić information content (AvgIpc) is 3.92. The fourth-order valence-electron chi connectivity index (χ4n) is 9.79. The number of fused-ring (bicyclic) bond motifs is 10. The first kappa shape index (κ1) is 31.5. The first-order valence-electron chi connectivity index (χ1n) is 20.0. The van der Waals surface area contributed by atoms with Crippen molar-refractivity contribution in [1.82, 2.24) is 14.1 Å². The van der Waals surface area contributed by atoms with Gasteiger partial charge >= 0.3 is 0 Å². The lowest BCUT2D eigenvalue weighted by molar-refractivity contribution is 1.18. The minimum Gasteiger partial charge on any atom is -0.309 e. The molecular formula is C55H33N3. The van der Waals surface area contributed by atoms with E-state index in [-0.39, 0.29) is 0 Å². The number of hydrogen-bond donors (Lipinski definition) is 0. The molecule has 0 unspecified atom stereocenters. The van der Waals surface area contributed by atoms with Crippen molar-refractivity contribution >= 4 is 65.3 Å². The van der Waals surface area contributed by atoms with Gasteiger partial charge in [-0.3, -0.25) is 0 Å². The minimum atomic E-state index is 1.00. The van der Waals surface area contributed by atoms with Crippen LogP contribution in [-0.2, 0) is 0 Å². The third kappa shape index (κ3) is 4.47. The summed E-state index contributed by atoms with van der Waals surface area (Å²) in [6.45, 7) is 0. The van der Waals surface area contributed by atoms with E-state index >= 15 is 0 Å². The molecule has 0 amide bonds. The smallest absolute Gasteiger partial charge is 0.0722 e. The zero-order chi connectivity index (χ0) is 37.9. The van der Waals surface area contributed by atoms with E-state index in [4.69, 9.17) is 4.98 Å². The maximum Gasteiger partial charge on any atom is 0.0722 e. The predicted octanol–water partition coefficient (Wildman–Crippen LogP) is 14.6. The zero-order valence-corrected chi connectivity index (χ0v) is 31.4. The van der Waals surface area contributed by atoms with Crippen molar-refractivity contribution < 1.29 is 0 Å². The summed E-state index contributed by atoms with van der Waals surface area (Å²) in [5, 5.41) is 8.66. The second kappa shape index (κ2) is 11.9. The Hall–Kier alpha value is -7.75. The van der Waals surface area contributed by atoms with Crippen LogP contribution in [-0.4, -0.2) is 14.1 Å². The summed E-state index contributed by atoms with van der Waals surface area (Å²) in [5.41, 5.74) is 17.8. The van der Waals surface area contributed by atoms with Gasteiger partial charge in [-0.15, -0.1) is 0 Å². The molecule has 0 spiro atoms. The summed E-state index contributed by atoms with van der Waals surface area (Å²) in [5.74, 6) is 0. The Morgan fingerprint density at radius 2 is 0.914 bits per heavy atom. The molecule has 0 fully saturated rings. The lowest BCUT2D eigenvalue weighted by Crippen LogP contribution is -1.94. The molecule has 0 aliphatic heterocycles. The molecule has 268 valence electrons. The second-order valence-corrected chi connectivity index (χ2v) is 15.6. The quantitative estimate of drug-likeness (QED) is 0.176. The van der Waals surface area contributed by atoms with Gasteiger partial charge < -0.3 is 9.13 Å². The molecule has 3 heterocycles. The van der Waals surface area contributed by atoms with Crippen molar-refractivity contribution in [3.05, 3.63) is 200 Å². The number of pyridine rings is 1. The van der Waals surface area contributed by atoms with Gasteiger partial charge in [-0.1, -0.05) is 127 Å². The second-order valence-electron chi connectivity index (χ2n) is 15.6. The van der Waals surface area contributed by atoms with E-state index in [1.54, 1.807) is 0 Å². The summed E-state index contributed by atoms with van der Waals surface area (Å²) >= 11 is 0. The van der Waals surface area contributed by atoms with Crippen LogP contribution in [0.2, 0.25) is 0 Å². The van der Waals surface area contributed by atoms with Crippen LogP contribution >= 0.6 is 0 Å². The normalized spacial score (nSPS) is 12.1. The van der Waals surface area contributed by atoms with Crippen molar-refractivity contribution in [3.8, 4) is 56.0 Å². The molecule has 0 N–H and O–H groups in total. The molecule has 0 atom stereocenters. The van der Waals surface area contributed by atoms with Crippen LogP contribution in [0, 0.1) is 0 Å². The molecule has 0 saturated carbocycles. The molecule has 0 radical (unpaired) electrons. The number of nitrogens with zero attached hydrogens (tertiary/aromatic N) is 3. The molecule has 3 nitrogen and oxygen atoms in total. The van der Waals surface area contributed by atoms with Crippen LogP contribution in [0.25, 0.3) is 121 Å². The van der Waals surface area contributed by atoms with Crippen LogP contribution < -0.4 is 0 Å². The Morgan fingerprint density at radius 1 is 0.310 bits per heavy atom. The summed E-state index contributed by atoms with van der Waals surface area (Å²) in [4.78, 5) is 5.19. The maximum absolute atomic E-state index is 5.19. The molecule has 1 aliphatic carbocycles. The highest BCUT2D eigenvalue weighted by Crippen LogP contribution is 2.48. The number of hydrogen-bond acceptors (Lipinski definition) is 1. The molecule has 0 saturated heterocycles. The van der Waals surface area contributed by atoms with Gasteiger partial charge in [0.2, 0.25) is 0 Å². The maximum atomic E-state index is 5.19. The molecule has 3 heteroatoms. The van der Waals surface area contributed by atoms with Gasteiger partial charge in [0.1, 0.15) is 0 Å². The van der Waals surface area contributed by atoms with E-state index in [9.17, 15) is 0 Å². The molecule has 58 heavy (non-hydrogen) atoms. The summed E-state index contributed by atoms with van der Waals surface area (Å²) in [6, 6.07) is 73.2. The third-order valence-corrected chi connectivity index (χ3v) is 12.4. The molecule has 1 aliphatic rings. The van der Waals surface area contributed by atoms with E-state index < -0.39 is 0 Å². The fraction of sp³-hybridized carbons (Fsp3) is 0. The minimum absolute atomic E-state index is 1.00. The predicted molar refractivity (Wildman–Crippen MR) is 243 cm³/mol. The van der Waals surface area contributed by atoms with Crippen LogP contribution in [0.4, 0.5) is 0 Å². The first-order valence-corrected chi connectivity index (χ1v) is 20.0. The summed E-state index contributed by atoms with van der Waals surface area (Å²) < 4.78 is 4.81. The topological polar surface area (TPSA) is 22.8 Å². The number of rotatable bonds is 4. The van der Waals surface area contributed by atoms with Gasteiger partial charge in [0.05, 0.1) is 33.3 Å². The highest BCUT2D eigenvalue weighted by atomic mass is 15.0. The Balaban J connectivity index is 0.920. The van der Waals surface area contributed by atoms with Gasteiger partial charge in [-0.2, -0.15) is 0 Å². The Kier molecular flexibility index (Phi) is 6.44. The fourth-order valence-corrected chi connectivity index (χ4v) is 9.79. The number of aromatic nitrogens is 3. The van der Waals surface area contributed by atoms with Crippen molar-refractivity contribution in [1.29, 1.82) is 0 Å². The van der Waals surface area contributed by atoms with Crippen molar-refractivity contribution in [3.63, 3.8) is 0 Å². The zero-order valence-electron chi connectivity index (χ0n) is 31.4. The van der Waals surface area contributed by atoms with Gasteiger partial charge in [-0.05, 0) is 117 Å². The summed E-state index contributed by atoms with van der Waals surface area (Å²) in [7, 11) is 0. The van der Waals surface area contributed by atoms with Gasteiger partial charge in [-0.25, -0.2) is 4.98 Å². The van der Waals surface area contributed by atoms with Crippen LogP contribution in [0.15, 0.2) is 200 Å². The SMILES string of the molecule is c1ccc(-n2c3ccccc3c3ccc(-c4ccc5c(c4)c4ccccc4n5-c4ccc5cc(-c6cc7c8c(cccc8n6)-c6ccccc6-7)ccc5c4)cc32)cc1. The van der Waals surface area contributed by atoms with E-state index in [1.807, 2.05) is 0 Å². The van der Waals surface area contributed by atoms with Crippen LogP contribution in [0.1, 0.15) is 0 Å². The van der Waals surface area contributed by atoms with Crippen molar-refractivity contribution in [2.24, 2.45) is 0 Å². The van der Waals surface area contributed by atoms with Gasteiger partial charge in [0, 0.05) is 43.9 Å². The highest BCUT2D eigenvalue weighted by molar-refractivity contribution is 6.15. The Bertz CT molecular complexity index is 3680. The molecule has 0 bridgehead atoms. The van der Waals surface area contributed by atoms with E-state index in [0.717, 1.165) is 22.5 Å². The van der Waals surface area contributed by atoms with Gasteiger partial charge in [0.25, 0.3) is 0 Å². The monoisotopic (exact) mass is 735 g/mol. The molecule has 9 aromatic carbocycles. The largest absolute Gasteiger partial charge is 0.309 e. The number of para-hydroxylation sites is 3. The lowest BCUT2D eigenvalue weighted by Gasteiger charge is -2.12. The molecular weight excluding hydrogens is 703 g/mol. The van der Waals surface area contributed by atoms with E-state index in [2.05, 4.69) is 209 Å². The van der Waals surface area contributed by atoms with Crippen LogP contribution in [0.5, 0.6) is 0 Å². The molecule has 12 aromatic rings. The van der Waals surface area contributed by atoms with Crippen molar-refractivity contribution in [2.45, 2.75) is 0 Å². The van der Waals surface area contributed by atoms with Gasteiger partial charge in [0.15, 0.2) is 0 Å². The number of benzene rings is 9. The highest BCUT2D eigenvalue weighted by Gasteiger charge is 2.23. The molecule has 3 aromatic heterocycles. The first-order chi connectivity index (χ1) is 28.7. The summed E-state index contributed by atoms with van der Waals surface area (Å²) in [6.07, 6.45) is 0. The van der Waals surface area contributed by atoms with E-state index in [0.29, 0.717) is 0 Å². The third-order valence-electron chi connectivity index (χ3n) is 12.4. The lowest BCUT2D eigenvalue weighted by atomic mass is 10.0. The Morgan fingerprint density at radius 3 is 1.76 bits per heavy atom. The van der Waals surface area contributed by atoms with Crippen LogP contribution in [0.3, 0.4) is 0 Å².